The number of amides is 1. The summed E-state index contributed by atoms with van der Waals surface area (Å²) < 4.78 is 38.4. The van der Waals surface area contributed by atoms with Crippen molar-refractivity contribution in [2.75, 3.05) is 5.43 Å². The van der Waals surface area contributed by atoms with Crippen molar-refractivity contribution >= 4 is 21.8 Å². The summed E-state index contributed by atoms with van der Waals surface area (Å²) in [5.41, 5.74) is 4.04. The van der Waals surface area contributed by atoms with Crippen LogP contribution in [-0.4, -0.2) is 18.9 Å². The molecule has 7 nitrogen and oxygen atoms in total. The Kier molecular flexibility index (Phi) is 7.32. The van der Waals surface area contributed by atoms with E-state index in [0.717, 1.165) is 12.0 Å². The maximum atomic E-state index is 13.4. The lowest BCUT2D eigenvalue weighted by Gasteiger charge is -2.23. The molecule has 1 N–H and O–H groups in total. The van der Waals surface area contributed by atoms with E-state index in [9.17, 15) is 13.2 Å². The third kappa shape index (κ3) is 5.99. The van der Waals surface area contributed by atoms with Crippen LogP contribution in [0, 0.1) is 0 Å². The molecule has 4 rings (SSSR count). The van der Waals surface area contributed by atoms with Crippen molar-refractivity contribution in [3.8, 4) is 17.2 Å². The van der Waals surface area contributed by atoms with E-state index in [2.05, 4.69) is 5.43 Å². The van der Waals surface area contributed by atoms with Gasteiger partial charge in [0.1, 0.15) is 17.2 Å². The Morgan fingerprint density at radius 2 is 1.29 bits per heavy atom. The van der Waals surface area contributed by atoms with Crippen LogP contribution in [0.5, 0.6) is 17.2 Å². The first-order chi connectivity index (χ1) is 17.0. The van der Waals surface area contributed by atoms with Gasteiger partial charge in [-0.25, -0.2) is 4.79 Å². The van der Waals surface area contributed by atoms with Crippen LogP contribution < -0.4 is 14.9 Å². The van der Waals surface area contributed by atoms with Crippen molar-refractivity contribution in [2.24, 2.45) is 0 Å². The zero-order valence-corrected chi connectivity index (χ0v) is 19.8. The number of hydrogen-bond donors (Lipinski definition) is 1. The molecule has 0 radical (unpaired) electrons. The van der Waals surface area contributed by atoms with E-state index in [0.29, 0.717) is 21.6 Å². The van der Waals surface area contributed by atoms with Gasteiger partial charge >= 0.3 is 6.09 Å². The number of rotatable bonds is 8. The van der Waals surface area contributed by atoms with Gasteiger partial charge in [-0.1, -0.05) is 55.5 Å². The normalized spacial score (nSPS) is 10.9. The molecule has 0 unspecified atom stereocenters. The fraction of sp³-hybridized carbons (Fsp3) is 0.0741. The quantitative estimate of drug-likeness (QED) is 0.295. The van der Waals surface area contributed by atoms with Gasteiger partial charge in [0.15, 0.2) is 0 Å². The number of benzene rings is 4. The summed E-state index contributed by atoms with van der Waals surface area (Å²) >= 11 is 0. The summed E-state index contributed by atoms with van der Waals surface area (Å²) in [6.07, 6.45) is -0.344. The van der Waals surface area contributed by atoms with Gasteiger partial charge in [-0.05, 0) is 72.6 Å². The minimum absolute atomic E-state index is 0.0401. The molecule has 0 spiro atoms. The monoisotopic (exact) mass is 488 g/mol. The lowest BCUT2D eigenvalue weighted by molar-refractivity contribution is 0.184. The number of nitrogens with zero attached hydrogens (tertiary/aromatic N) is 1. The van der Waals surface area contributed by atoms with Gasteiger partial charge in [0, 0.05) is 0 Å². The predicted molar refractivity (Wildman–Crippen MR) is 134 cm³/mol. The van der Waals surface area contributed by atoms with E-state index in [1.807, 2.05) is 37.3 Å². The summed E-state index contributed by atoms with van der Waals surface area (Å²) in [5, 5.41) is 0. The van der Waals surface area contributed by atoms with Gasteiger partial charge in [-0.2, -0.15) is 8.42 Å². The van der Waals surface area contributed by atoms with Crippen LogP contribution in [0.3, 0.4) is 0 Å². The zero-order valence-electron chi connectivity index (χ0n) is 19.0. The van der Waals surface area contributed by atoms with E-state index in [1.54, 1.807) is 54.6 Å². The topological polar surface area (TPSA) is 84.9 Å². The van der Waals surface area contributed by atoms with E-state index < -0.39 is 16.1 Å². The molecule has 0 aliphatic carbocycles. The Morgan fingerprint density at radius 3 is 1.89 bits per heavy atom. The molecular weight excluding hydrogens is 464 g/mol. The highest BCUT2D eigenvalue weighted by molar-refractivity contribution is 7.89. The molecule has 0 saturated carbocycles. The Balaban J connectivity index is 1.56. The van der Waals surface area contributed by atoms with Crippen LogP contribution in [0.4, 0.5) is 10.5 Å². The smallest absolute Gasteiger partial charge is 0.449 e. The number of carbonyl (C=O) groups is 1. The second-order valence-electron chi connectivity index (χ2n) is 7.50. The summed E-state index contributed by atoms with van der Waals surface area (Å²) in [4.78, 5) is 13.0. The van der Waals surface area contributed by atoms with Crippen LogP contribution >= 0.6 is 0 Å². The Morgan fingerprint density at radius 1 is 0.743 bits per heavy atom. The average Bonchev–Trinajstić information content (AvgIpc) is 2.89. The Bertz CT molecular complexity index is 1360. The molecule has 178 valence electrons. The molecule has 35 heavy (non-hydrogen) atoms. The van der Waals surface area contributed by atoms with E-state index in [-0.39, 0.29) is 10.6 Å². The molecule has 0 heterocycles. The molecule has 0 atom stereocenters. The maximum Gasteiger partial charge on any atom is 0.449 e. The number of nitrogens with one attached hydrogen (secondary N) is 1. The third-order valence-electron chi connectivity index (χ3n) is 5.05. The van der Waals surface area contributed by atoms with Crippen LogP contribution in [0.15, 0.2) is 114 Å². The van der Waals surface area contributed by atoms with Crippen molar-refractivity contribution in [3.63, 3.8) is 0 Å². The van der Waals surface area contributed by atoms with Crippen molar-refractivity contribution in [1.82, 2.24) is 4.41 Å². The summed E-state index contributed by atoms with van der Waals surface area (Å²) in [5.74, 6) is 1.36. The number of anilines is 1. The molecule has 4 aromatic carbocycles. The van der Waals surface area contributed by atoms with E-state index >= 15 is 0 Å². The average molecular weight is 489 g/mol. The number of hydrogen-bond acceptors (Lipinski definition) is 6. The molecule has 1 amide bonds. The lowest BCUT2D eigenvalue weighted by atomic mass is 10.2. The number of hydrazine groups is 1. The number of carbonyl (C=O) groups excluding carboxylic acids is 1. The Hall–Kier alpha value is -4.30. The fourth-order valence-corrected chi connectivity index (χ4v) is 4.33. The first-order valence-corrected chi connectivity index (χ1v) is 12.4. The third-order valence-corrected chi connectivity index (χ3v) is 6.64. The highest BCUT2D eigenvalue weighted by Gasteiger charge is 2.32. The molecule has 4 aromatic rings. The molecule has 0 aliphatic heterocycles. The van der Waals surface area contributed by atoms with E-state index in [1.165, 1.54) is 24.3 Å². The number of aryl methyl sites for hydroxylation is 1. The minimum atomic E-state index is -4.27. The number of sulfonamides is 1. The van der Waals surface area contributed by atoms with Crippen molar-refractivity contribution in [2.45, 2.75) is 18.2 Å². The maximum absolute atomic E-state index is 13.4. The Labute approximate surface area is 204 Å². The van der Waals surface area contributed by atoms with E-state index in [4.69, 9.17) is 9.47 Å². The second-order valence-corrected chi connectivity index (χ2v) is 9.29. The largest absolute Gasteiger partial charge is 0.457 e. The fourth-order valence-electron chi connectivity index (χ4n) is 3.18. The standard InChI is InChI=1S/C27H24N2O5S/c1-2-21-13-19-26(20-14-21)35(31,32)29(28-22-9-5-3-6-10-22)27(30)34-25-17-15-24(16-18-25)33-23-11-7-4-8-12-23/h3-20,28H,2H2,1H3. The predicted octanol–water partition coefficient (Wildman–Crippen LogP) is 6.26. The van der Waals surface area contributed by atoms with Gasteiger partial charge < -0.3 is 9.47 Å². The van der Waals surface area contributed by atoms with Crippen LogP contribution in [0.2, 0.25) is 0 Å². The highest BCUT2D eigenvalue weighted by atomic mass is 32.2. The zero-order chi connectivity index (χ0) is 24.7. The van der Waals surface area contributed by atoms with Gasteiger partial charge in [-0.15, -0.1) is 4.41 Å². The molecule has 0 saturated heterocycles. The van der Waals surface area contributed by atoms with Crippen molar-refractivity contribution in [1.29, 1.82) is 0 Å². The number of para-hydroxylation sites is 2. The van der Waals surface area contributed by atoms with Gasteiger partial charge in [0.2, 0.25) is 0 Å². The van der Waals surface area contributed by atoms with Crippen LogP contribution in [0.25, 0.3) is 0 Å². The SMILES string of the molecule is CCc1ccc(S(=O)(=O)N(Nc2ccccc2)C(=O)Oc2ccc(Oc3ccccc3)cc2)cc1. The molecule has 0 aromatic heterocycles. The molecule has 8 heteroatoms. The first kappa shape index (κ1) is 23.8. The van der Waals surface area contributed by atoms with Crippen molar-refractivity contribution in [3.05, 3.63) is 115 Å². The highest BCUT2D eigenvalue weighted by Crippen LogP contribution is 2.25. The summed E-state index contributed by atoms with van der Waals surface area (Å²) in [7, 11) is -4.27. The summed E-state index contributed by atoms with van der Waals surface area (Å²) in [6, 6.07) is 30.4. The molecule has 0 bridgehead atoms. The van der Waals surface area contributed by atoms with Crippen molar-refractivity contribution < 1.29 is 22.7 Å². The van der Waals surface area contributed by atoms with Gasteiger partial charge in [0.25, 0.3) is 10.0 Å². The van der Waals surface area contributed by atoms with Gasteiger partial charge in [-0.3, -0.25) is 5.43 Å². The van der Waals surface area contributed by atoms with Crippen LogP contribution in [0.1, 0.15) is 12.5 Å². The second kappa shape index (κ2) is 10.8. The van der Waals surface area contributed by atoms with Crippen LogP contribution in [-0.2, 0) is 16.4 Å². The molecular formula is C27H24N2O5S. The molecule has 0 aliphatic rings. The lowest BCUT2D eigenvalue weighted by Crippen LogP contribution is -2.43. The van der Waals surface area contributed by atoms with Gasteiger partial charge in [0.05, 0.1) is 10.6 Å². The first-order valence-electron chi connectivity index (χ1n) is 11.0. The minimum Gasteiger partial charge on any atom is -0.457 e. The summed E-state index contributed by atoms with van der Waals surface area (Å²) in [6.45, 7) is 1.97. The molecule has 0 fully saturated rings. The number of ether oxygens (including phenoxy) is 2.